The zero-order valence-electron chi connectivity index (χ0n) is 15.8. The Morgan fingerprint density at radius 3 is 2.38 bits per heavy atom. The fourth-order valence-electron chi connectivity index (χ4n) is 2.57. The van der Waals surface area contributed by atoms with Crippen molar-refractivity contribution in [3.63, 3.8) is 0 Å². The first-order chi connectivity index (χ1) is 12.5. The Hall–Kier alpha value is -2.60. The Morgan fingerprint density at radius 1 is 1.08 bits per heavy atom. The standard InChI is InChI=1S/C20H27FN4O/c1-22-20(23-12-15-6-5-7-18(11-15)26-4)24-13-16-8-9-19(21)17(10-16)14-25(2)3/h5-11H,12-14H2,1-4H3,(H2,22,23,24). The van der Waals surface area contributed by atoms with E-state index in [1.54, 1.807) is 20.2 Å². The maximum atomic E-state index is 13.9. The van der Waals surface area contributed by atoms with Gasteiger partial charge in [-0.2, -0.15) is 0 Å². The number of halogens is 1. The summed E-state index contributed by atoms with van der Waals surface area (Å²) >= 11 is 0. The second-order valence-electron chi connectivity index (χ2n) is 6.29. The molecule has 0 amide bonds. The van der Waals surface area contributed by atoms with Crippen molar-refractivity contribution < 1.29 is 9.13 Å². The van der Waals surface area contributed by atoms with Crippen LogP contribution in [0.15, 0.2) is 47.5 Å². The van der Waals surface area contributed by atoms with Crippen LogP contribution in [-0.2, 0) is 19.6 Å². The van der Waals surface area contributed by atoms with Gasteiger partial charge in [-0.3, -0.25) is 4.99 Å². The molecular weight excluding hydrogens is 331 g/mol. The largest absolute Gasteiger partial charge is 0.497 e. The highest BCUT2D eigenvalue weighted by atomic mass is 19.1. The van der Waals surface area contributed by atoms with E-state index in [2.05, 4.69) is 15.6 Å². The van der Waals surface area contributed by atoms with Gasteiger partial charge in [-0.05, 0) is 49.5 Å². The topological polar surface area (TPSA) is 48.9 Å². The zero-order valence-corrected chi connectivity index (χ0v) is 15.8. The third kappa shape index (κ3) is 6.04. The molecule has 0 radical (unpaired) electrons. The lowest BCUT2D eigenvalue weighted by Gasteiger charge is -2.14. The highest BCUT2D eigenvalue weighted by Crippen LogP contribution is 2.13. The summed E-state index contributed by atoms with van der Waals surface area (Å²) in [5, 5.41) is 6.52. The first-order valence-corrected chi connectivity index (χ1v) is 8.51. The van der Waals surface area contributed by atoms with E-state index in [4.69, 9.17) is 4.74 Å². The second kappa shape index (κ2) is 9.77. The molecule has 5 nitrogen and oxygen atoms in total. The molecule has 0 aliphatic rings. The van der Waals surface area contributed by atoms with Crippen LogP contribution in [-0.4, -0.2) is 39.1 Å². The Kier molecular flexibility index (Phi) is 7.41. The lowest BCUT2D eigenvalue weighted by atomic mass is 10.1. The van der Waals surface area contributed by atoms with Crippen molar-refractivity contribution in [3.8, 4) is 5.75 Å². The molecule has 0 aliphatic carbocycles. The fraction of sp³-hybridized carbons (Fsp3) is 0.350. The zero-order chi connectivity index (χ0) is 18.9. The maximum absolute atomic E-state index is 13.9. The number of benzene rings is 2. The van der Waals surface area contributed by atoms with Crippen LogP contribution in [0.25, 0.3) is 0 Å². The predicted molar refractivity (Wildman–Crippen MR) is 104 cm³/mol. The molecular formula is C20H27FN4O. The van der Waals surface area contributed by atoms with Crippen molar-refractivity contribution in [1.29, 1.82) is 0 Å². The van der Waals surface area contributed by atoms with Crippen molar-refractivity contribution in [2.24, 2.45) is 4.99 Å². The molecule has 0 bridgehead atoms. The van der Waals surface area contributed by atoms with E-state index >= 15 is 0 Å². The monoisotopic (exact) mass is 358 g/mol. The molecule has 2 N–H and O–H groups in total. The summed E-state index contributed by atoms with van der Waals surface area (Å²) in [6.07, 6.45) is 0. The van der Waals surface area contributed by atoms with Crippen LogP contribution in [0.5, 0.6) is 5.75 Å². The van der Waals surface area contributed by atoms with Crippen molar-refractivity contribution in [2.75, 3.05) is 28.3 Å². The summed E-state index contributed by atoms with van der Waals surface area (Å²) in [5.74, 6) is 1.33. The Morgan fingerprint density at radius 2 is 1.77 bits per heavy atom. The molecule has 0 spiro atoms. The molecule has 2 aromatic carbocycles. The number of ether oxygens (including phenoxy) is 1. The number of nitrogens with zero attached hydrogens (tertiary/aromatic N) is 2. The minimum atomic E-state index is -0.178. The van der Waals surface area contributed by atoms with E-state index in [0.717, 1.165) is 16.9 Å². The molecule has 0 saturated heterocycles. The molecule has 0 aromatic heterocycles. The van der Waals surface area contributed by atoms with Crippen LogP contribution in [0, 0.1) is 5.82 Å². The van der Waals surface area contributed by atoms with Gasteiger partial charge in [-0.1, -0.05) is 18.2 Å². The molecule has 2 rings (SSSR count). The Bertz CT molecular complexity index is 746. The van der Waals surface area contributed by atoms with Crippen molar-refractivity contribution in [3.05, 3.63) is 65.0 Å². The molecule has 0 atom stereocenters. The van der Waals surface area contributed by atoms with Crippen LogP contribution in [0.2, 0.25) is 0 Å². The minimum Gasteiger partial charge on any atom is -0.497 e. The van der Waals surface area contributed by atoms with Gasteiger partial charge in [-0.25, -0.2) is 4.39 Å². The van der Waals surface area contributed by atoms with E-state index < -0.39 is 0 Å². The lowest BCUT2D eigenvalue weighted by Crippen LogP contribution is -2.36. The van der Waals surface area contributed by atoms with E-state index in [0.29, 0.717) is 31.2 Å². The average molecular weight is 358 g/mol. The van der Waals surface area contributed by atoms with Gasteiger partial charge in [-0.15, -0.1) is 0 Å². The lowest BCUT2D eigenvalue weighted by molar-refractivity contribution is 0.392. The summed E-state index contributed by atoms with van der Waals surface area (Å²) in [6, 6.07) is 13.1. The smallest absolute Gasteiger partial charge is 0.191 e. The molecule has 140 valence electrons. The average Bonchev–Trinajstić information content (AvgIpc) is 2.64. The van der Waals surface area contributed by atoms with E-state index in [1.807, 2.05) is 49.3 Å². The maximum Gasteiger partial charge on any atom is 0.191 e. The van der Waals surface area contributed by atoms with Gasteiger partial charge in [0.1, 0.15) is 11.6 Å². The van der Waals surface area contributed by atoms with Crippen LogP contribution in [0.1, 0.15) is 16.7 Å². The summed E-state index contributed by atoms with van der Waals surface area (Å²) in [4.78, 5) is 6.18. The Balaban J connectivity index is 1.92. The number of rotatable bonds is 7. The summed E-state index contributed by atoms with van der Waals surface area (Å²) in [6.45, 7) is 1.77. The number of guanidine groups is 1. The summed E-state index contributed by atoms with van der Waals surface area (Å²) in [7, 11) is 7.23. The van der Waals surface area contributed by atoms with Gasteiger partial charge < -0.3 is 20.3 Å². The minimum absolute atomic E-state index is 0.178. The van der Waals surface area contributed by atoms with Crippen molar-refractivity contribution in [1.82, 2.24) is 15.5 Å². The number of nitrogens with one attached hydrogen (secondary N) is 2. The first kappa shape index (κ1) is 19.7. The van der Waals surface area contributed by atoms with Crippen molar-refractivity contribution in [2.45, 2.75) is 19.6 Å². The molecule has 0 fully saturated rings. The highest BCUT2D eigenvalue weighted by molar-refractivity contribution is 5.79. The predicted octanol–water partition coefficient (Wildman–Crippen LogP) is 2.76. The van der Waals surface area contributed by atoms with Crippen LogP contribution in [0.3, 0.4) is 0 Å². The van der Waals surface area contributed by atoms with Gasteiger partial charge in [0.05, 0.1) is 7.11 Å². The molecule has 6 heteroatoms. The van der Waals surface area contributed by atoms with Crippen LogP contribution in [0.4, 0.5) is 4.39 Å². The number of methoxy groups -OCH3 is 1. The summed E-state index contributed by atoms with van der Waals surface area (Å²) < 4.78 is 19.1. The number of hydrogen-bond acceptors (Lipinski definition) is 3. The Labute approximate surface area is 154 Å². The quantitative estimate of drug-likeness (QED) is 0.590. The molecule has 0 heterocycles. The second-order valence-corrected chi connectivity index (χ2v) is 6.29. The van der Waals surface area contributed by atoms with Gasteiger partial charge in [0.15, 0.2) is 5.96 Å². The molecule has 26 heavy (non-hydrogen) atoms. The van der Waals surface area contributed by atoms with Gasteiger partial charge in [0.2, 0.25) is 0 Å². The van der Waals surface area contributed by atoms with Gasteiger partial charge in [0.25, 0.3) is 0 Å². The third-order valence-electron chi connectivity index (χ3n) is 3.87. The summed E-state index contributed by atoms with van der Waals surface area (Å²) in [5.41, 5.74) is 2.79. The first-order valence-electron chi connectivity index (χ1n) is 8.51. The highest BCUT2D eigenvalue weighted by Gasteiger charge is 2.06. The van der Waals surface area contributed by atoms with E-state index in [9.17, 15) is 4.39 Å². The number of hydrogen-bond donors (Lipinski definition) is 2. The van der Waals surface area contributed by atoms with E-state index in [-0.39, 0.29) is 5.82 Å². The van der Waals surface area contributed by atoms with Crippen LogP contribution < -0.4 is 15.4 Å². The molecule has 0 unspecified atom stereocenters. The van der Waals surface area contributed by atoms with Gasteiger partial charge in [0, 0.05) is 32.2 Å². The molecule has 0 aliphatic heterocycles. The van der Waals surface area contributed by atoms with Crippen molar-refractivity contribution >= 4 is 5.96 Å². The van der Waals surface area contributed by atoms with E-state index in [1.165, 1.54) is 6.07 Å². The van der Waals surface area contributed by atoms with Gasteiger partial charge >= 0.3 is 0 Å². The third-order valence-corrected chi connectivity index (χ3v) is 3.87. The molecule has 0 saturated carbocycles. The van der Waals surface area contributed by atoms with Crippen LogP contribution >= 0.6 is 0 Å². The SMILES string of the molecule is CN=C(NCc1cccc(OC)c1)NCc1ccc(F)c(CN(C)C)c1. The normalized spacial score (nSPS) is 11.5. The molecule has 2 aromatic rings. The fourth-order valence-corrected chi connectivity index (χ4v) is 2.57. The number of aliphatic imine (C=N–C) groups is 1.